The summed E-state index contributed by atoms with van der Waals surface area (Å²) in [5.74, 6) is 1.85. The second kappa shape index (κ2) is 5.75. The van der Waals surface area contributed by atoms with Gasteiger partial charge in [-0.25, -0.2) is 4.98 Å². The summed E-state index contributed by atoms with van der Waals surface area (Å²) < 4.78 is 6.66. The van der Waals surface area contributed by atoms with Crippen molar-refractivity contribution in [3.05, 3.63) is 39.1 Å². The second-order valence-corrected chi connectivity index (χ2v) is 5.61. The molecule has 0 amide bonds. The number of rotatable bonds is 4. The minimum Gasteiger partial charge on any atom is -0.339 e. The van der Waals surface area contributed by atoms with Gasteiger partial charge in [-0.15, -0.1) is 0 Å². The van der Waals surface area contributed by atoms with E-state index < -0.39 is 0 Å². The molecule has 20 heavy (non-hydrogen) atoms. The molecule has 0 fully saturated rings. The van der Waals surface area contributed by atoms with E-state index in [0.717, 1.165) is 0 Å². The smallest absolute Gasteiger partial charge is 0.255 e. The van der Waals surface area contributed by atoms with Gasteiger partial charge < -0.3 is 4.52 Å². The summed E-state index contributed by atoms with van der Waals surface area (Å²) in [6.07, 6.45) is 0. The lowest BCUT2D eigenvalue weighted by molar-refractivity contribution is 0.359. The van der Waals surface area contributed by atoms with E-state index in [1.807, 2.05) is 27.7 Å². The molecule has 2 rings (SSSR count). The van der Waals surface area contributed by atoms with Crippen LogP contribution < -0.4 is 5.56 Å². The van der Waals surface area contributed by atoms with Crippen molar-refractivity contribution in [2.24, 2.45) is 0 Å². The molecule has 108 valence electrons. The van der Waals surface area contributed by atoms with Gasteiger partial charge in [-0.2, -0.15) is 4.98 Å². The van der Waals surface area contributed by atoms with E-state index in [4.69, 9.17) is 16.1 Å². The van der Waals surface area contributed by atoms with Crippen molar-refractivity contribution in [2.75, 3.05) is 0 Å². The molecule has 0 N–H and O–H groups in total. The van der Waals surface area contributed by atoms with Crippen LogP contribution in [0.3, 0.4) is 0 Å². The van der Waals surface area contributed by atoms with Crippen molar-refractivity contribution in [2.45, 2.75) is 46.1 Å². The first-order valence-electron chi connectivity index (χ1n) is 6.48. The number of nitrogens with zero attached hydrogens (tertiary/aromatic N) is 4. The average Bonchev–Trinajstić information content (AvgIpc) is 2.80. The molecule has 2 aromatic rings. The normalized spacial score (nSPS) is 11.6. The molecule has 0 saturated carbocycles. The van der Waals surface area contributed by atoms with Gasteiger partial charge in [0.1, 0.15) is 11.0 Å². The third-order valence-corrected chi connectivity index (χ3v) is 2.99. The first-order valence-corrected chi connectivity index (χ1v) is 6.86. The Labute approximate surface area is 121 Å². The van der Waals surface area contributed by atoms with Gasteiger partial charge in [0, 0.05) is 17.9 Å². The van der Waals surface area contributed by atoms with Crippen molar-refractivity contribution in [3.8, 4) is 0 Å². The van der Waals surface area contributed by atoms with Crippen LogP contribution in [0.5, 0.6) is 0 Å². The fourth-order valence-corrected chi connectivity index (χ4v) is 1.98. The number of aromatic nitrogens is 4. The molecular weight excluding hydrogens is 280 g/mol. The van der Waals surface area contributed by atoms with E-state index in [-0.39, 0.29) is 29.1 Å². The van der Waals surface area contributed by atoms with E-state index in [9.17, 15) is 4.79 Å². The maximum Gasteiger partial charge on any atom is 0.255 e. The Bertz CT molecular complexity index is 661. The molecule has 2 aromatic heterocycles. The Kier molecular flexibility index (Phi) is 4.23. The Morgan fingerprint density at radius 3 is 2.50 bits per heavy atom. The highest BCUT2D eigenvalue weighted by molar-refractivity contribution is 6.29. The van der Waals surface area contributed by atoms with Crippen molar-refractivity contribution in [3.63, 3.8) is 0 Å². The summed E-state index contributed by atoms with van der Waals surface area (Å²) in [5.41, 5.74) is -0.218. The standard InChI is InChI=1S/C13H17ClN4O2/c1-7(2)12-15-9(14)5-11(19)18(12)6-10-16-13(8(3)4)20-17-10/h5,7-8H,6H2,1-4H3. The third-order valence-electron chi connectivity index (χ3n) is 2.80. The molecule has 0 aliphatic carbocycles. The zero-order valence-corrected chi connectivity index (χ0v) is 12.7. The predicted octanol–water partition coefficient (Wildman–Crippen LogP) is 2.57. The zero-order valence-electron chi connectivity index (χ0n) is 11.9. The van der Waals surface area contributed by atoms with Crippen LogP contribution in [0.2, 0.25) is 5.15 Å². The monoisotopic (exact) mass is 296 g/mol. The maximum absolute atomic E-state index is 12.1. The SMILES string of the molecule is CC(C)c1nc(Cn2c(C(C)C)nc(Cl)cc2=O)no1. The molecule has 0 bridgehead atoms. The van der Waals surface area contributed by atoms with E-state index in [0.29, 0.717) is 17.5 Å². The lowest BCUT2D eigenvalue weighted by Crippen LogP contribution is -2.26. The second-order valence-electron chi connectivity index (χ2n) is 5.22. The van der Waals surface area contributed by atoms with Crippen LogP contribution in [0.4, 0.5) is 0 Å². The summed E-state index contributed by atoms with van der Waals surface area (Å²) in [6.45, 7) is 8.06. The highest BCUT2D eigenvalue weighted by Gasteiger charge is 2.15. The molecule has 0 spiro atoms. The van der Waals surface area contributed by atoms with Gasteiger partial charge in [0.2, 0.25) is 5.89 Å². The first-order chi connectivity index (χ1) is 9.38. The van der Waals surface area contributed by atoms with Crippen LogP contribution in [-0.4, -0.2) is 19.7 Å². The number of hydrogen-bond donors (Lipinski definition) is 0. The fourth-order valence-electron chi connectivity index (χ4n) is 1.80. The van der Waals surface area contributed by atoms with Crippen LogP contribution in [-0.2, 0) is 6.54 Å². The molecule has 0 saturated heterocycles. The van der Waals surface area contributed by atoms with Gasteiger partial charge in [0.25, 0.3) is 5.56 Å². The molecule has 0 radical (unpaired) electrons. The van der Waals surface area contributed by atoms with Gasteiger partial charge in [0.15, 0.2) is 5.82 Å². The number of hydrogen-bond acceptors (Lipinski definition) is 5. The van der Waals surface area contributed by atoms with E-state index >= 15 is 0 Å². The summed E-state index contributed by atoms with van der Waals surface area (Å²) >= 11 is 5.84. The topological polar surface area (TPSA) is 73.8 Å². The molecule has 2 heterocycles. The fraction of sp³-hybridized carbons (Fsp3) is 0.538. The lowest BCUT2D eigenvalue weighted by atomic mass is 10.2. The molecule has 7 heteroatoms. The highest BCUT2D eigenvalue weighted by atomic mass is 35.5. The van der Waals surface area contributed by atoms with Crippen molar-refractivity contribution in [1.82, 2.24) is 19.7 Å². The zero-order chi connectivity index (χ0) is 14.9. The summed E-state index contributed by atoms with van der Waals surface area (Å²) in [6, 6.07) is 1.29. The molecule has 0 aliphatic rings. The summed E-state index contributed by atoms with van der Waals surface area (Å²) in [5, 5.41) is 4.09. The molecule has 6 nitrogen and oxygen atoms in total. The average molecular weight is 297 g/mol. The molecule has 0 aliphatic heterocycles. The minimum atomic E-state index is -0.218. The van der Waals surface area contributed by atoms with Crippen molar-refractivity contribution in [1.29, 1.82) is 0 Å². The predicted molar refractivity (Wildman–Crippen MR) is 75.1 cm³/mol. The Morgan fingerprint density at radius 1 is 1.25 bits per heavy atom. The Morgan fingerprint density at radius 2 is 1.95 bits per heavy atom. The Balaban J connectivity index is 2.39. The maximum atomic E-state index is 12.1. The van der Waals surface area contributed by atoms with E-state index in [2.05, 4.69) is 15.1 Å². The highest BCUT2D eigenvalue weighted by Crippen LogP contribution is 2.15. The largest absolute Gasteiger partial charge is 0.339 e. The molecule has 0 atom stereocenters. The van der Waals surface area contributed by atoms with E-state index in [1.54, 1.807) is 0 Å². The van der Waals surface area contributed by atoms with Crippen molar-refractivity contribution < 1.29 is 4.52 Å². The molecular formula is C13H17ClN4O2. The quantitative estimate of drug-likeness (QED) is 0.811. The molecule has 0 unspecified atom stereocenters. The summed E-state index contributed by atoms with van der Waals surface area (Å²) in [4.78, 5) is 20.5. The third kappa shape index (κ3) is 3.07. The van der Waals surface area contributed by atoms with Gasteiger partial charge in [-0.05, 0) is 0 Å². The summed E-state index contributed by atoms with van der Waals surface area (Å²) in [7, 11) is 0. The minimum absolute atomic E-state index is 0.0675. The van der Waals surface area contributed by atoms with Crippen LogP contribution in [0.1, 0.15) is 57.1 Å². The lowest BCUT2D eigenvalue weighted by Gasteiger charge is -2.12. The van der Waals surface area contributed by atoms with Gasteiger partial charge in [0.05, 0.1) is 6.54 Å². The van der Waals surface area contributed by atoms with Gasteiger partial charge in [-0.3, -0.25) is 9.36 Å². The van der Waals surface area contributed by atoms with Gasteiger partial charge >= 0.3 is 0 Å². The van der Waals surface area contributed by atoms with Crippen LogP contribution in [0.15, 0.2) is 15.4 Å². The van der Waals surface area contributed by atoms with Crippen LogP contribution in [0, 0.1) is 0 Å². The Hall–Kier alpha value is -1.69. The number of halogens is 1. The van der Waals surface area contributed by atoms with Crippen LogP contribution in [0.25, 0.3) is 0 Å². The van der Waals surface area contributed by atoms with Crippen LogP contribution >= 0.6 is 11.6 Å². The van der Waals surface area contributed by atoms with E-state index in [1.165, 1.54) is 10.6 Å². The van der Waals surface area contributed by atoms with Crippen molar-refractivity contribution >= 4 is 11.6 Å². The van der Waals surface area contributed by atoms with Gasteiger partial charge in [-0.1, -0.05) is 44.5 Å². The molecule has 0 aromatic carbocycles. The first kappa shape index (κ1) is 14.7.